The fourth-order valence-electron chi connectivity index (χ4n) is 3.50. The normalized spacial score (nSPS) is 14.7. The van der Waals surface area contributed by atoms with E-state index in [4.69, 9.17) is 4.74 Å². The first-order valence-corrected chi connectivity index (χ1v) is 10.4. The molecule has 2 aromatic rings. The fourth-order valence-corrected chi connectivity index (χ4v) is 3.50. The molecule has 0 spiro atoms. The van der Waals surface area contributed by atoms with Crippen molar-refractivity contribution in [3.8, 4) is 0 Å². The smallest absolute Gasteiger partial charge is 0.277 e. The highest BCUT2D eigenvalue weighted by atomic mass is 19.1. The third-order valence-electron chi connectivity index (χ3n) is 5.24. The lowest BCUT2D eigenvalue weighted by atomic mass is 10.2. The lowest BCUT2D eigenvalue weighted by Gasteiger charge is -2.28. The number of carbonyl (C=O) groups excluding carboxylic acids is 2. The van der Waals surface area contributed by atoms with Gasteiger partial charge in [-0.3, -0.25) is 9.59 Å². The molecule has 1 atom stereocenters. The lowest BCUT2D eigenvalue weighted by Crippen LogP contribution is -3.08. The molecule has 166 valence electrons. The maximum atomic E-state index is 13.8. The standard InChI is InChI=1S/C23H29FN4O3/c1-26(15-18-5-3-4-6-21(18)24)17-23(30)27(2)16-22(29)25-19-7-9-20(10-8-19)28-11-13-31-14-12-28/h3-10H,11-17H2,1-2H3,(H,25,29)/p+1. The number of halogens is 1. The van der Waals surface area contributed by atoms with Crippen molar-refractivity contribution in [3.05, 3.63) is 59.9 Å². The molecule has 1 saturated heterocycles. The number of amides is 2. The first-order valence-electron chi connectivity index (χ1n) is 10.4. The second-order valence-electron chi connectivity index (χ2n) is 7.85. The van der Waals surface area contributed by atoms with Gasteiger partial charge in [0, 0.05) is 37.1 Å². The monoisotopic (exact) mass is 429 g/mol. The largest absolute Gasteiger partial charge is 0.378 e. The molecule has 1 heterocycles. The molecule has 2 aromatic carbocycles. The predicted octanol–water partition coefficient (Wildman–Crippen LogP) is 0.774. The minimum absolute atomic E-state index is 0.0446. The Morgan fingerprint density at radius 2 is 1.81 bits per heavy atom. The molecular formula is C23H30FN4O3+. The van der Waals surface area contributed by atoms with Crippen LogP contribution >= 0.6 is 0 Å². The second-order valence-corrected chi connectivity index (χ2v) is 7.85. The molecule has 3 rings (SSSR count). The molecule has 2 amide bonds. The number of hydrogen-bond acceptors (Lipinski definition) is 4. The molecule has 1 fully saturated rings. The van der Waals surface area contributed by atoms with Crippen LogP contribution in [0.25, 0.3) is 0 Å². The number of morpholine rings is 1. The first kappa shape index (κ1) is 22.7. The van der Waals surface area contributed by atoms with E-state index >= 15 is 0 Å². The third-order valence-corrected chi connectivity index (χ3v) is 5.24. The zero-order valence-corrected chi connectivity index (χ0v) is 18.1. The number of anilines is 2. The number of carbonyl (C=O) groups is 2. The quantitative estimate of drug-likeness (QED) is 0.651. The van der Waals surface area contributed by atoms with E-state index in [0.29, 0.717) is 17.8 Å². The molecule has 0 aromatic heterocycles. The minimum atomic E-state index is -0.276. The van der Waals surface area contributed by atoms with E-state index in [1.807, 2.05) is 31.3 Å². The summed E-state index contributed by atoms with van der Waals surface area (Å²) in [6, 6.07) is 14.2. The van der Waals surface area contributed by atoms with Crippen LogP contribution in [-0.2, 0) is 20.9 Å². The Morgan fingerprint density at radius 1 is 1.13 bits per heavy atom. The highest BCUT2D eigenvalue weighted by molar-refractivity contribution is 5.94. The van der Waals surface area contributed by atoms with Gasteiger partial charge in [-0.2, -0.15) is 0 Å². The van der Waals surface area contributed by atoms with Gasteiger partial charge >= 0.3 is 0 Å². The zero-order valence-electron chi connectivity index (χ0n) is 18.1. The van der Waals surface area contributed by atoms with Gasteiger partial charge in [0.25, 0.3) is 5.91 Å². The van der Waals surface area contributed by atoms with Gasteiger partial charge in [0.15, 0.2) is 6.54 Å². The van der Waals surface area contributed by atoms with Crippen LogP contribution < -0.4 is 15.1 Å². The van der Waals surface area contributed by atoms with Crippen molar-refractivity contribution in [2.45, 2.75) is 6.54 Å². The molecule has 8 heteroatoms. The van der Waals surface area contributed by atoms with Crippen molar-refractivity contribution < 1.29 is 23.6 Å². The molecule has 0 saturated carbocycles. The average Bonchev–Trinajstić information content (AvgIpc) is 2.76. The summed E-state index contributed by atoms with van der Waals surface area (Å²) >= 11 is 0. The van der Waals surface area contributed by atoms with Crippen molar-refractivity contribution in [3.63, 3.8) is 0 Å². The lowest BCUT2D eigenvalue weighted by molar-refractivity contribution is -0.885. The van der Waals surface area contributed by atoms with Crippen molar-refractivity contribution >= 4 is 23.2 Å². The van der Waals surface area contributed by atoms with E-state index in [0.717, 1.165) is 36.9 Å². The zero-order chi connectivity index (χ0) is 22.2. The van der Waals surface area contributed by atoms with Gasteiger partial charge in [-0.15, -0.1) is 0 Å². The van der Waals surface area contributed by atoms with E-state index in [1.165, 1.54) is 11.0 Å². The summed E-state index contributed by atoms with van der Waals surface area (Å²) < 4.78 is 19.1. The van der Waals surface area contributed by atoms with Gasteiger partial charge in [0.2, 0.25) is 5.91 Å². The van der Waals surface area contributed by atoms with Crippen LogP contribution in [0.1, 0.15) is 5.56 Å². The topological polar surface area (TPSA) is 66.3 Å². The Labute approximate surface area is 182 Å². The Balaban J connectivity index is 1.44. The summed E-state index contributed by atoms with van der Waals surface area (Å²) in [6.07, 6.45) is 0. The highest BCUT2D eigenvalue weighted by Gasteiger charge is 2.18. The molecule has 1 aliphatic heterocycles. The molecule has 7 nitrogen and oxygen atoms in total. The number of nitrogens with zero attached hydrogens (tertiary/aromatic N) is 2. The van der Waals surface area contributed by atoms with Gasteiger partial charge in [0.1, 0.15) is 12.4 Å². The summed E-state index contributed by atoms with van der Waals surface area (Å²) in [5.41, 5.74) is 2.34. The molecule has 2 N–H and O–H groups in total. The van der Waals surface area contributed by atoms with Gasteiger partial charge in [-0.25, -0.2) is 4.39 Å². The van der Waals surface area contributed by atoms with E-state index in [9.17, 15) is 14.0 Å². The summed E-state index contributed by atoms with van der Waals surface area (Å²) in [5.74, 6) is -0.713. The maximum absolute atomic E-state index is 13.8. The Morgan fingerprint density at radius 3 is 2.48 bits per heavy atom. The van der Waals surface area contributed by atoms with Crippen LogP contribution in [0.5, 0.6) is 0 Å². The Kier molecular flexibility index (Phi) is 7.97. The number of quaternary nitrogens is 1. The summed E-state index contributed by atoms with van der Waals surface area (Å²) in [5, 5.41) is 2.83. The molecule has 0 radical (unpaired) electrons. The van der Waals surface area contributed by atoms with Crippen LogP contribution in [0.2, 0.25) is 0 Å². The van der Waals surface area contributed by atoms with Crippen molar-refractivity contribution in [2.24, 2.45) is 0 Å². The van der Waals surface area contributed by atoms with Crippen molar-refractivity contribution in [1.82, 2.24) is 4.90 Å². The molecular weight excluding hydrogens is 399 g/mol. The predicted molar refractivity (Wildman–Crippen MR) is 118 cm³/mol. The van der Waals surface area contributed by atoms with E-state index in [2.05, 4.69) is 10.2 Å². The number of likely N-dealkylation sites (N-methyl/N-ethyl adjacent to an activating group) is 2. The van der Waals surface area contributed by atoms with E-state index in [-0.39, 0.29) is 30.7 Å². The fraction of sp³-hybridized carbons (Fsp3) is 0.391. The van der Waals surface area contributed by atoms with E-state index in [1.54, 1.807) is 25.2 Å². The summed E-state index contributed by atoms with van der Waals surface area (Å²) in [4.78, 5) is 29.3. The van der Waals surface area contributed by atoms with Gasteiger partial charge < -0.3 is 24.8 Å². The van der Waals surface area contributed by atoms with E-state index < -0.39 is 0 Å². The summed E-state index contributed by atoms with van der Waals surface area (Å²) in [6.45, 7) is 3.67. The summed E-state index contributed by atoms with van der Waals surface area (Å²) in [7, 11) is 3.42. The van der Waals surface area contributed by atoms with Crippen LogP contribution in [0.3, 0.4) is 0 Å². The highest BCUT2D eigenvalue weighted by Crippen LogP contribution is 2.19. The number of benzene rings is 2. The molecule has 1 unspecified atom stereocenters. The van der Waals surface area contributed by atoms with Crippen LogP contribution in [-0.4, -0.2) is 70.2 Å². The van der Waals surface area contributed by atoms with Crippen LogP contribution in [0.15, 0.2) is 48.5 Å². The second kappa shape index (κ2) is 10.9. The number of ether oxygens (including phenoxy) is 1. The van der Waals surface area contributed by atoms with Gasteiger partial charge in [-0.1, -0.05) is 18.2 Å². The van der Waals surface area contributed by atoms with Crippen LogP contribution in [0.4, 0.5) is 15.8 Å². The minimum Gasteiger partial charge on any atom is -0.378 e. The van der Waals surface area contributed by atoms with Crippen LogP contribution in [0, 0.1) is 5.82 Å². The Hall–Kier alpha value is -2.97. The Bertz CT molecular complexity index is 885. The van der Waals surface area contributed by atoms with Crippen molar-refractivity contribution in [1.29, 1.82) is 0 Å². The number of rotatable bonds is 8. The maximum Gasteiger partial charge on any atom is 0.277 e. The number of hydrogen-bond donors (Lipinski definition) is 2. The van der Waals surface area contributed by atoms with Gasteiger partial charge in [-0.05, 0) is 30.3 Å². The average molecular weight is 430 g/mol. The molecule has 0 bridgehead atoms. The first-order chi connectivity index (χ1) is 14.9. The van der Waals surface area contributed by atoms with Gasteiger partial charge in [0.05, 0.1) is 26.8 Å². The number of nitrogens with one attached hydrogen (secondary N) is 2. The molecule has 0 aliphatic carbocycles. The van der Waals surface area contributed by atoms with Crippen molar-refractivity contribution in [2.75, 3.05) is 63.7 Å². The third kappa shape index (κ3) is 6.77. The molecule has 1 aliphatic rings. The molecule has 31 heavy (non-hydrogen) atoms. The SMILES string of the molecule is CN(CC(=O)Nc1ccc(N2CCOCC2)cc1)C(=O)C[NH+](C)Cc1ccccc1F.